The van der Waals surface area contributed by atoms with Crippen molar-refractivity contribution in [2.24, 2.45) is 0 Å². The Kier molecular flexibility index (Phi) is 9.44. The van der Waals surface area contributed by atoms with E-state index >= 15 is 0 Å². The highest BCUT2D eigenvalue weighted by Crippen LogP contribution is 2.30. The Bertz CT molecular complexity index is 1540. The number of hydrogen-bond acceptors (Lipinski definition) is 7. The number of amides is 3. The topological polar surface area (TPSA) is 128 Å². The van der Waals surface area contributed by atoms with Crippen molar-refractivity contribution in [3.63, 3.8) is 0 Å². The summed E-state index contributed by atoms with van der Waals surface area (Å²) in [6.45, 7) is 4.13. The lowest BCUT2D eigenvalue weighted by Crippen LogP contribution is -2.36. The van der Waals surface area contributed by atoms with Crippen molar-refractivity contribution in [3.8, 4) is 0 Å². The summed E-state index contributed by atoms with van der Waals surface area (Å²) in [7, 11) is 0. The molecule has 0 atom stereocenters. The summed E-state index contributed by atoms with van der Waals surface area (Å²) in [5.41, 5.74) is 1.38. The summed E-state index contributed by atoms with van der Waals surface area (Å²) in [6.07, 6.45) is 1.36. The minimum Gasteiger partial charge on any atom is -0.368 e. The summed E-state index contributed by atoms with van der Waals surface area (Å²) in [5, 5.41) is 17.2. The van der Waals surface area contributed by atoms with Gasteiger partial charge in [-0.15, -0.1) is 0 Å². The number of nitro groups is 1. The second kappa shape index (κ2) is 13.6. The third kappa shape index (κ3) is 7.17. The number of rotatable bonds is 6. The van der Waals surface area contributed by atoms with Gasteiger partial charge in [-0.05, 0) is 61.9 Å². The molecule has 2 heterocycles. The first-order valence-corrected chi connectivity index (χ1v) is 14.4. The molecule has 2 aliphatic rings. The predicted molar refractivity (Wildman–Crippen MR) is 160 cm³/mol. The fourth-order valence-electron chi connectivity index (χ4n) is 5.43. The lowest BCUT2D eigenvalue weighted by molar-refractivity contribution is -0.384. The predicted octanol–water partition coefficient (Wildman–Crippen LogP) is 3.91. The lowest BCUT2D eigenvalue weighted by Gasteiger charge is -2.27. The van der Waals surface area contributed by atoms with Gasteiger partial charge in [-0.2, -0.15) is 0 Å². The van der Waals surface area contributed by atoms with Gasteiger partial charge in [-0.25, -0.2) is 8.78 Å². The van der Waals surface area contributed by atoms with Crippen molar-refractivity contribution in [3.05, 3.63) is 99.1 Å². The summed E-state index contributed by atoms with van der Waals surface area (Å²) in [4.78, 5) is 55.5. The third-order valence-corrected chi connectivity index (χ3v) is 7.69. The van der Waals surface area contributed by atoms with Crippen LogP contribution in [0.25, 0.3) is 0 Å². The molecule has 2 aliphatic heterocycles. The second-order valence-corrected chi connectivity index (χ2v) is 10.7. The van der Waals surface area contributed by atoms with E-state index in [1.165, 1.54) is 29.2 Å². The Morgan fingerprint density at radius 1 is 0.727 bits per heavy atom. The van der Waals surface area contributed by atoms with Crippen LogP contribution in [0.15, 0.2) is 60.7 Å². The standard InChI is InChI=1S/C31H32F2N6O5/c32-24-17-23(18-25(33)20-24)31(42)38-13-2-12-36(15-16-38)28-8-5-22(30(41)37-11-1-9-34-10-14-37)19-27(28)35-29(40)21-3-6-26(7-4-21)39(43)44/h3-8,17-20,34H,1-2,9-16H2,(H,35,40). The monoisotopic (exact) mass is 606 g/mol. The van der Waals surface area contributed by atoms with Gasteiger partial charge < -0.3 is 25.3 Å². The van der Waals surface area contributed by atoms with E-state index in [1.54, 1.807) is 23.1 Å². The molecule has 2 N–H and O–H groups in total. The molecule has 0 aromatic heterocycles. The maximum atomic E-state index is 13.8. The molecule has 2 saturated heterocycles. The molecule has 3 aromatic rings. The third-order valence-electron chi connectivity index (χ3n) is 7.69. The van der Waals surface area contributed by atoms with Crippen molar-refractivity contribution in [1.29, 1.82) is 0 Å². The molecule has 13 heteroatoms. The van der Waals surface area contributed by atoms with E-state index in [4.69, 9.17) is 0 Å². The van der Waals surface area contributed by atoms with E-state index in [9.17, 15) is 33.3 Å². The van der Waals surface area contributed by atoms with Crippen molar-refractivity contribution in [2.75, 3.05) is 62.6 Å². The molecule has 44 heavy (non-hydrogen) atoms. The highest BCUT2D eigenvalue weighted by atomic mass is 19.1. The molecule has 2 fully saturated rings. The Balaban J connectivity index is 1.40. The highest BCUT2D eigenvalue weighted by molar-refractivity contribution is 6.07. The number of hydrogen-bond donors (Lipinski definition) is 2. The van der Waals surface area contributed by atoms with Crippen LogP contribution in [0.5, 0.6) is 0 Å². The average molecular weight is 607 g/mol. The van der Waals surface area contributed by atoms with Gasteiger partial charge >= 0.3 is 0 Å². The Morgan fingerprint density at radius 3 is 2.11 bits per heavy atom. The van der Waals surface area contributed by atoms with Gasteiger partial charge in [0, 0.05) is 80.7 Å². The van der Waals surface area contributed by atoms with Crippen LogP contribution in [-0.4, -0.2) is 84.8 Å². The van der Waals surface area contributed by atoms with Crippen LogP contribution in [0.3, 0.4) is 0 Å². The van der Waals surface area contributed by atoms with E-state index in [-0.39, 0.29) is 29.3 Å². The summed E-state index contributed by atoms with van der Waals surface area (Å²) in [6, 6.07) is 13.0. The van der Waals surface area contributed by atoms with Crippen LogP contribution in [0.4, 0.5) is 25.8 Å². The van der Waals surface area contributed by atoms with E-state index in [0.717, 1.165) is 25.1 Å². The molecule has 11 nitrogen and oxygen atoms in total. The normalized spacial score (nSPS) is 15.7. The Morgan fingerprint density at radius 2 is 1.39 bits per heavy atom. The number of benzene rings is 3. The smallest absolute Gasteiger partial charge is 0.269 e. The van der Waals surface area contributed by atoms with Crippen LogP contribution in [0, 0.1) is 21.7 Å². The zero-order valence-corrected chi connectivity index (χ0v) is 23.9. The van der Waals surface area contributed by atoms with Gasteiger partial charge in [0.25, 0.3) is 23.4 Å². The first-order valence-electron chi connectivity index (χ1n) is 14.4. The molecule has 0 radical (unpaired) electrons. The first kappa shape index (κ1) is 30.5. The minimum absolute atomic E-state index is 0.0708. The largest absolute Gasteiger partial charge is 0.368 e. The first-order chi connectivity index (χ1) is 21.2. The number of anilines is 2. The Labute approximate surface area is 252 Å². The average Bonchev–Trinajstić information content (AvgIpc) is 3.44. The van der Waals surface area contributed by atoms with E-state index in [1.807, 2.05) is 4.90 Å². The summed E-state index contributed by atoms with van der Waals surface area (Å²) >= 11 is 0. The lowest BCUT2D eigenvalue weighted by atomic mass is 10.1. The van der Waals surface area contributed by atoms with Crippen molar-refractivity contribution >= 4 is 34.8 Å². The van der Waals surface area contributed by atoms with Gasteiger partial charge in [0.1, 0.15) is 11.6 Å². The number of nitrogens with one attached hydrogen (secondary N) is 2. The molecular formula is C31H32F2N6O5. The van der Waals surface area contributed by atoms with Gasteiger partial charge in [-0.3, -0.25) is 24.5 Å². The SMILES string of the molecule is O=C(Nc1cc(C(=O)N2CCCNCC2)ccc1N1CCCN(C(=O)c2cc(F)cc(F)c2)CC1)c1ccc([N+](=O)[O-])cc1. The molecule has 230 valence electrons. The molecule has 0 aliphatic carbocycles. The summed E-state index contributed by atoms with van der Waals surface area (Å²) < 4.78 is 27.5. The van der Waals surface area contributed by atoms with Crippen molar-refractivity contribution in [2.45, 2.75) is 12.8 Å². The van der Waals surface area contributed by atoms with Crippen LogP contribution in [0.1, 0.15) is 43.9 Å². The fourth-order valence-corrected chi connectivity index (χ4v) is 5.43. The van der Waals surface area contributed by atoms with Gasteiger partial charge in [0.05, 0.1) is 16.3 Å². The number of non-ortho nitro benzene ring substituents is 1. The van der Waals surface area contributed by atoms with E-state index in [2.05, 4.69) is 10.6 Å². The van der Waals surface area contributed by atoms with Crippen LogP contribution in [-0.2, 0) is 0 Å². The number of carbonyl (C=O) groups excluding carboxylic acids is 3. The quantitative estimate of drug-likeness (QED) is 0.322. The highest BCUT2D eigenvalue weighted by Gasteiger charge is 2.25. The number of carbonyl (C=O) groups is 3. The molecule has 0 unspecified atom stereocenters. The minimum atomic E-state index is -0.829. The van der Waals surface area contributed by atoms with Crippen LogP contribution < -0.4 is 15.5 Å². The summed E-state index contributed by atoms with van der Waals surface area (Å²) in [5.74, 6) is -2.82. The fraction of sp³-hybridized carbons (Fsp3) is 0.323. The van der Waals surface area contributed by atoms with Crippen molar-refractivity contribution < 1.29 is 28.1 Å². The molecule has 0 bridgehead atoms. The maximum absolute atomic E-state index is 13.8. The number of halogens is 2. The van der Waals surface area contributed by atoms with Crippen LogP contribution in [0.2, 0.25) is 0 Å². The van der Waals surface area contributed by atoms with E-state index < -0.39 is 28.4 Å². The molecular weight excluding hydrogens is 574 g/mol. The van der Waals surface area contributed by atoms with Crippen molar-refractivity contribution in [1.82, 2.24) is 15.1 Å². The van der Waals surface area contributed by atoms with Gasteiger partial charge in [0.15, 0.2) is 0 Å². The number of nitrogens with zero attached hydrogens (tertiary/aromatic N) is 4. The molecule has 3 aromatic carbocycles. The number of nitro benzene ring substituents is 1. The van der Waals surface area contributed by atoms with Gasteiger partial charge in [-0.1, -0.05) is 0 Å². The van der Waals surface area contributed by atoms with Crippen LogP contribution >= 0.6 is 0 Å². The zero-order chi connectivity index (χ0) is 31.2. The molecule has 0 saturated carbocycles. The Hall–Kier alpha value is -4.91. The molecule has 3 amide bonds. The maximum Gasteiger partial charge on any atom is 0.269 e. The van der Waals surface area contributed by atoms with Gasteiger partial charge in [0.2, 0.25) is 0 Å². The zero-order valence-electron chi connectivity index (χ0n) is 23.9. The van der Waals surface area contributed by atoms with E-state index in [0.29, 0.717) is 68.7 Å². The second-order valence-electron chi connectivity index (χ2n) is 10.7. The molecule has 5 rings (SSSR count). The molecule has 0 spiro atoms.